The van der Waals surface area contributed by atoms with Gasteiger partial charge in [-0.25, -0.2) is 0 Å². The second-order valence-electron chi connectivity index (χ2n) is 7.75. The molecule has 0 spiro atoms. The third-order valence-corrected chi connectivity index (χ3v) is 4.59. The molecule has 27 heavy (non-hydrogen) atoms. The lowest BCUT2D eigenvalue weighted by Gasteiger charge is -2.22. The van der Waals surface area contributed by atoms with Gasteiger partial charge in [0.05, 0.1) is 19.6 Å². The minimum absolute atomic E-state index is 0.0261. The summed E-state index contributed by atoms with van der Waals surface area (Å²) >= 11 is 0. The van der Waals surface area contributed by atoms with Gasteiger partial charge in [-0.3, -0.25) is 9.59 Å². The van der Waals surface area contributed by atoms with Gasteiger partial charge in [0, 0.05) is 11.3 Å². The van der Waals surface area contributed by atoms with Gasteiger partial charge in [-0.15, -0.1) is 0 Å². The molecule has 0 bridgehead atoms. The molecule has 0 aliphatic heterocycles. The zero-order chi connectivity index (χ0) is 20.2. The van der Waals surface area contributed by atoms with Crippen LogP contribution in [0.4, 0.5) is 5.69 Å². The minimum atomic E-state index is -0.486. The molecule has 2 rings (SSSR count). The van der Waals surface area contributed by atoms with Crippen molar-refractivity contribution in [2.24, 2.45) is 0 Å². The van der Waals surface area contributed by atoms with Crippen LogP contribution in [0.1, 0.15) is 60.3 Å². The summed E-state index contributed by atoms with van der Waals surface area (Å²) in [6.07, 6.45) is 0.0540. The van der Waals surface area contributed by atoms with E-state index >= 15 is 0 Å². The van der Waals surface area contributed by atoms with Gasteiger partial charge < -0.3 is 15.8 Å². The Kier molecular flexibility index (Phi) is 6.26. The van der Waals surface area contributed by atoms with E-state index in [1.807, 2.05) is 31.2 Å². The van der Waals surface area contributed by atoms with Crippen LogP contribution in [0.15, 0.2) is 42.5 Å². The Balaban J connectivity index is 2.30. The molecule has 5 heteroatoms. The van der Waals surface area contributed by atoms with E-state index in [4.69, 9.17) is 10.5 Å². The second kappa shape index (κ2) is 8.25. The van der Waals surface area contributed by atoms with Gasteiger partial charge in [0.25, 0.3) is 5.91 Å². The van der Waals surface area contributed by atoms with Crippen molar-refractivity contribution in [1.82, 2.24) is 5.32 Å². The molecule has 0 saturated carbocycles. The van der Waals surface area contributed by atoms with Crippen molar-refractivity contribution >= 4 is 17.6 Å². The molecule has 0 aliphatic carbocycles. The smallest absolute Gasteiger partial charge is 0.307 e. The average molecular weight is 368 g/mol. The molecule has 5 nitrogen and oxygen atoms in total. The van der Waals surface area contributed by atoms with Gasteiger partial charge in [-0.1, -0.05) is 51.1 Å². The van der Waals surface area contributed by atoms with Crippen molar-refractivity contribution in [3.63, 3.8) is 0 Å². The maximum atomic E-state index is 12.8. The first kappa shape index (κ1) is 20.5. The lowest BCUT2D eigenvalue weighted by atomic mass is 9.86. The van der Waals surface area contributed by atoms with Crippen LogP contribution in [0.3, 0.4) is 0 Å². The Morgan fingerprint density at radius 2 is 1.74 bits per heavy atom. The van der Waals surface area contributed by atoms with Gasteiger partial charge in [-0.05, 0) is 41.2 Å². The van der Waals surface area contributed by atoms with Crippen molar-refractivity contribution < 1.29 is 14.3 Å². The van der Waals surface area contributed by atoms with Crippen molar-refractivity contribution in [3.8, 4) is 0 Å². The van der Waals surface area contributed by atoms with Gasteiger partial charge in [-0.2, -0.15) is 0 Å². The minimum Gasteiger partial charge on any atom is -0.469 e. The zero-order valence-corrected chi connectivity index (χ0v) is 16.6. The van der Waals surface area contributed by atoms with E-state index < -0.39 is 6.04 Å². The third-order valence-electron chi connectivity index (χ3n) is 4.59. The summed E-state index contributed by atoms with van der Waals surface area (Å²) in [4.78, 5) is 24.6. The number of methoxy groups -OCH3 is 1. The van der Waals surface area contributed by atoms with Crippen LogP contribution in [0.25, 0.3) is 0 Å². The summed E-state index contributed by atoms with van der Waals surface area (Å²) in [6, 6.07) is 12.7. The molecule has 1 amide bonds. The zero-order valence-electron chi connectivity index (χ0n) is 16.6. The number of ether oxygens (including phenoxy) is 1. The average Bonchev–Trinajstić information content (AvgIpc) is 2.62. The van der Waals surface area contributed by atoms with Crippen LogP contribution in [0, 0.1) is 6.92 Å². The Labute approximate surface area is 160 Å². The molecule has 1 atom stereocenters. The highest BCUT2D eigenvalue weighted by molar-refractivity contribution is 5.97. The Bertz CT molecular complexity index is 820. The highest BCUT2D eigenvalue weighted by atomic mass is 16.5. The first-order chi connectivity index (χ1) is 12.6. The number of aryl methyl sites for hydroxylation is 1. The molecule has 1 unspecified atom stereocenters. The van der Waals surface area contributed by atoms with Crippen LogP contribution in [0.2, 0.25) is 0 Å². The van der Waals surface area contributed by atoms with Crippen LogP contribution >= 0.6 is 0 Å². The van der Waals surface area contributed by atoms with Crippen molar-refractivity contribution in [2.75, 3.05) is 12.8 Å². The van der Waals surface area contributed by atoms with Crippen molar-refractivity contribution in [2.45, 2.75) is 45.6 Å². The molecule has 3 N–H and O–H groups in total. The number of hydrogen-bond donors (Lipinski definition) is 2. The highest BCUT2D eigenvalue weighted by Crippen LogP contribution is 2.26. The standard InChI is InChI=1S/C22H28N2O3/c1-14-6-11-17(23)12-18(14)21(26)24-19(13-20(25)27-5)15-7-9-16(10-8-15)22(2,3)4/h6-12,19H,13,23H2,1-5H3,(H,24,26). The number of nitrogens with one attached hydrogen (secondary N) is 1. The normalized spacial score (nSPS) is 12.3. The predicted octanol–water partition coefficient (Wildman–Crippen LogP) is 3.91. The van der Waals surface area contributed by atoms with Gasteiger partial charge >= 0.3 is 5.97 Å². The number of nitrogen functional groups attached to an aromatic ring is 1. The Hall–Kier alpha value is -2.82. The van der Waals surface area contributed by atoms with Crippen LogP contribution in [-0.4, -0.2) is 19.0 Å². The maximum Gasteiger partial charge on any atom is 0.307 e. The summed E-state index contributed by atoms with van der Waals surface area (Å²) in [6.45, 7) is 8.26. The van der Waals surface area contributed by atoms with E-state index in [1.54, 1.807) is 18.2 Å². The molecule has 0 aliphatic rings. The van der Waals surface area contributed by atoms with Crippen molar-refractivity contribution in [1.29, 1.82) is 0 Å². The fraction of sp³-hybridized carbons (Fsp3) is 0.364. The molecule has 0 heterocycles. The molecular weight excluding hydrogens is 340 g/mol. The maximum absolute atomic E-state index is 12.8. The molecule has 2 aromatic carbocycles. The third kappa shape index (κ3) is 5.33. The molecule has 0 fully saturated rings. The largest absolute Gasteiger partial charge is 0.469 e. The number of hydrogen-bond acceptors (Lipinski definition) is 4. The fourth-order valence-corrected chi connectivity index (χ4v) is 2.84. The number of carbonyl (C=O) groups excluding carboxylic acids is 2. The summed E-state index contributed by atoms with van der Waals surface area (Å²) in [5.74, 6) is -0.655. The molecule has 0 saturated heterocycles. The van der Waals surface area contributed by atoms with Gasteiger partial charge in [0.15, 0.2) is 0 Å². The molecule has 2 aromatic rings. The number of benzene rings is 2. The molecular formula is C22H28N2O3. The van der Waals surface area contributed by atoms with E-state index in [0.717, 1.165) is 11.1 Å². The Morgan fingerprint density at radius 3 is 2.30 bits per heavy atom. The second-order valence-corrected chi connectivity index (χ2v) is 7.75. The Morgan fingerprint density at radius 1 is 1.11 bits per heavy atom. The summed E-state index contributed by atoms with van der Waals surface area (Å²) in [5.41, 5.74) is 9.71. The van der Waals surface area contributed by atoms with E-state index in [-0.39, 0.29) is 23.7 Å². The molecule has 0 radical (unpaired) electrons. The monoisotopic (exact) mass is 368 g/mol. The fourth-order valence-electron chi connectivity index (χ4n) is 2.84. The van der Waals surface area contributed by atoms with E-state index in [9.17, 15) is 9.59 Å². The number of rotatable bonds is 5. The van der Waals surface area contributed by atoms with Gasteiger partial charge in [0.1, 0.15) is 0 Å². The number of nitrogens with two attached hydrogens (primary N) is 1. The summed E-state index contributed by atoms with van der Waals surface area (Å²) in [7, 11) is 1.34. The molecule has 144 valence electrons. The van der Waals surface area contributed by atoms with Crippen LogP contribution in [0.5, 0.6) is 0 Å². The molecule has 0 aromatic heterocycles. The summed E-state index contributed by atoms with van der Waals surface area (Å²) < 4.78 is 4.80. The summed E-state index contributed by atoms with van der Waals surface area (Å²) in [5, 5.41) is 2.95. The number of anilines is 1. The first-order valence-corrected chi connectivity index (χ1v) is 8.96. The number of carbonyl (C=O) groups is 2. The predicted molar refractivity (Wildman–Crippen MR) is 108 cm³/mol. The van der Waals surface area contributed by atoms with Crippen LogP contribution in [-0.2, 0) is 14.9 Å². The first-order valence-electron chi connectivity index (χ1n) is 8.96. The lowest BCUT2D eigenvalue weighted by molar-refractivity contribution is -0.141. The topological polar surface area (TPSA) is 81.4 Å². The quantitative estimate of drug-likeness (QED) is 0.619. The van der Waals surface area contributed by atoms with E-state index in [2.05, 4.69) is 26.1 Å². The van der Waals surface area contributed by atoms with Gasteiger partial charge in [0.2, 0.25) is 0 Å². The van der Waals surface area contributed by atoms with Crippen molar-refractivity contribution in [3.05, 3.63) is 64.7 Å². The highest BCUT2D eigenvalue weighted by Gasteiger charge is 2.22. The van der Waals surface area contributed by atoms with E-state index in [1.165, 1.54) is 12.7 Å². The number of esters is 1. The van der Waals surface area contributed by atoms with Crippen LogP contribution < -0.4 is 11.1 Å². The lowest BCUT2D eigenvalue weighted by Crippen LogP contribution is -2.31. The SMILES string of the molecule is COC(=O)CC(NC(=O)c1cc(N)ccc1C)c1ccc(C(C)(C)C)cc1. The van der Waals surface area contributed by atoms with E-state index in [0.29, 0.717) is 11.3 Å². The number of amides is 1.